The van der Waals surface area contributed by atoms with Gasteiger partial charge in [0.15, 0.2) is 5.78 Å². The van der Waals surface area contributed by atoms with Gasteiger partial charge in [0.05, 0.1) is 7.11 Å². The Morgan fingerprint density at radius 1 is 1.41 bits per heavy atom. The number of benzene rings is 1. The number of hydrogen-bond donors (Lipinski definition) is 0. The van der Waals surface area contributed by atoms with Crippen LogP contribution in [0.5, 0.6) is 5.75 Å². The highest BCUT2D eigenvalue weighted by molar-refractivity contribution is 5.91. The van der Waals surface area contributed by atoms with E-state index in [1.54, 1.807) is 13.2 Å². The van der Waals surface area contributed by atoms with Crippen molar-refractivity contribution in [1.29, 1.82) is 0 Å². The van der Waals surface area contributed by atoms with Crippen molar-refractivity contribution in [2.24, 2.45) is 0 Å². The van der Waals surface area contributed by atoms with E-state index in [-0.39, 0.29) is 5.78 Å². The van der Waals surface area contributed by atoms with E-state index in [1.165, 1.54) is 6.92 Å². The molecule has 0 N–H and O–H groups in total. The smallest absolute Gasteiger partial charge is 0.181 e. The zero-order chi connectivity index (χ0) is 12.3. The number of rotatable bonds is 4. The first kappa shape index (κ1) is 11.4. The molecule has 4 heteroatoms. The number of carbonyl (C=O) groups excluding carboxylic acids is 1. The number of nitrogens with zero attached hydrogens (tertiary/aromatic N) is 1. The maximum absolute atomic E-state index is 11.1. The van der Waals surface area contributed by atoms with Gasteiger partial charge in [0.25, 0.3) is 0 Å². The van der Waals surface area contributed by atoms with Crippen LogP contribution >= 0.6 is 0 Å². The van der Waals surface area contributed by atoms with Crippen LogP contribution < -0.4 is 4.74 Å². The van der Waals surface area contributed by atoms with Gasteiger partial charge >= 0.3 is 0 Å². The summed E-state index contributed by atoms with van der Waals surface area (Å²) in [5.41, 5.74) is 1.42. The summed E-state index contributed by atoms with van der Waals surface area (Å²) >= 11 is 0. The minimum absolute atomic E-state index is 0.0920. The van der Waals surface area contributed by atoms with Crippen LogP contribution in [0.25, 0.3) is 0 Å². The van der Waals surface area contributed by atoms with Gasteiger partial charge in [-0.05, 0) is 17.7 Å². The molecule has 17 heavy (non-hydrogen) atoms. The monoisotopic (exact) mass is 231 g/mol. The fourth-order valence-corrected chi connectivity index (χ4v) is 1.55. The highest BCUT2D eigenvalue weighted by Gasteiger charge is 2.08. The molecule has 0 amide bonds. The Bertz CT molecular complexity index is 531. The molecule has 0 radical (unpaired) electrons. The third-order valence-corrected chi connectivity index (χ3v) is 2.43. The molecule has 0 aliphatic heterocycles. The molecular formula is C13H13NO3. The Morgan fingerprint density at radius 2 is 2.24 bits per heavy atom. The Balaban J connectivity index is 2.16. The SMILES string of the molecule is COc1cccc(Cc2cc(C(C)=O)no2)c1. The molecule has 88 valence electrons. The summed E-state index contributed by atoms with van der Waals surface area (Å²) in [6.45, 7) is 1.47. The normalized spacial score (nSPS) is 10.2. The van der Waals surface area contributed by atoms with E-state index in [4.69, 9.17) is 9.26 Å². The van der Waals surface area contributed by atoms with Crippen molar-refractivity contribution in [1.82, 2.24) is 5.16 Å². The predicted octanol–water partition coefficient (Wildman–Crippen LogP) is 2.48. The van der Waals surface area contributed by atoms with Gasteiger partial charge in [0, 0.05) is 19.4 Å². The summed E-state index contributed by atoms with van der Waals surface area (Å²) in [6, 6.07) is 9.36. The van der Waals surface area contributed by atoms with Crippen LogP contribution in [0, 0.1) is 0 Å². The molecule has 2 rings (SSSR count). The first-order valence-corrected chi connectivity index (χ1v) is 5.28. The lowest BCUT2D eigenvalue weighted by Gasteiger charge is -2.01. The largest absolute Gasteiger partial charge is 0.497 e. The number of ether oxygens (including phenoxy) is 1. The molecule has 0 saturated carbocycles. The second-order valence-electron chi connectivity index (χ2n) is 3.76. The third-order valence-electron chi connectivity index (χ3n) is 2.43. The highest BCUT2D eigenvalue weighted by Crippen LogP contribution is 2.16. The molecular weight excluding hydrogens is 218 g/mol. The fraction of sp³-hybridized carbons (Fsp3) is 0.231. The minimum Gasteiger partial charge on any atom is -0.497 e. The molecule has 0 saturated heterocycles. The summed E-state index contributed by atoms with van der Waals surface area (Å²) in [7, 11) is 1.63. The van der Waals surface area contributed by atoms with Crippen LogP contribution in [0.15, 0.2) is 34.9 Å². The molecule has 1 aromatic heterocycles. The molecule has 0 atom stereocenters. The first-order chi connectivity index (χ1) is 8.19. The van der Waals surface area contributed by atoms with Gasteiger partial charge in [-0.25, -0.2) is 0 Å². The van der Waals surface area contributed by atoms with Crippen molar-refractivity contribution in [2.75, 3.05) is 7.11 Å². The van der Waals surface area contributed by atoms with Gasteiger partial charge in [-0.15, -0.1) is 0 Å². The minimum atomic E-state index is -0.0920. The van der Waals surface area contributed by atoms with E-state index in [9.17, 15) is 4.79 Å². The van der Waals surface area contributed by atoms with Gasteiger partial charge in [-0.2, -0.15) is 0 Å². The Morgan fingerprint density at radius 3 is 2.88 bits per heavy atom. The van der Waals surface area contributed by atoms with Crippen molar-refractivity contribution in [2.45, 2.75) is 13.3 Å². The number of carbonyl (C=O) groups is 1. The van der Waals surface area contributed by atoms with Crippen molar-refractivity contribution >= 4 is 5.78 Å². The summed E-state index contributed by atoms with van der Waals surface area (Å²) in [5.74, 6) is 1.38. The number of ketones is 1. The first-order valence-electron chi connectivity index (χ1n) is 5.28. The molecule has 0 fully saturated rings. The molecule has 1 heterocycles. The van der Waals surface area contributed by atoms with Crippen LogP contribution in [-0.4, -0.2) is 18.0 Å². The molecule has 2 aromatic rings. The highest BCUT2D eigenvalue weighted by atomic mass is 16.5. The standard InChI is InChI=1S/C13H13NO3/c1-9(15)13-8-12(17-14-13)7-10-4-3-5-11(6-10)16-2/h3-6,8H,7H2,1-2H3. The van der Waals surface area contributed by atoms with Crippen molar-refractivity contribution in [3.8, 4) is 5.75 Å². The summed E-state index contributed by atoms with van der Waals surface area (Å²) in [5, 5.41) is 3.70. The Labute approximate surface area is 99.2 Å². The van der Waals surface area contributed by atoms with Gasteiger partial charge in [0.1, 0.15) is 17.2 Å². The van der Waals surface area contributed by atoms with Crippen LogP contribution in [0.4, 0.5) is 0 Å². The van der Waals surface area contributed by atoms with E-state index < -0.39 is 0 Å². The lowest BCUT2D eigenvalue weighted by molar-refractivity contribution is 0.100. The van der Waals surface area contributed by atoms with Crippen LogP contribution in [0.3, 0.4) is 0 Å². The average Bonchev–Trinajstić information content (AvgIpc) is 2.78. The maximum Gasteiger partial charge on any atom is 0.181 e. The van der Waals surface area contributed by atoms with Gasteiger partial charge in [0.2, 0.25) is 0 Å². The molecule has 0 aliphatic carbocycles. The lowest BCUT2D eigenvalue weighted by Crippen LogP contribution is -1.90. The van der Waals surface area contributed by atoms with E-state index in [2.05, 4.69) is 5.16 Å². The molecule has 1 aromatic carbocycles. The van der Waals surface area contributed by atoms with Crippen LogP contribution in [0.2, 0.25) is 0 Å². The third kappa shape index (κ3) is 2.72. The molecule has 0 aliphatic rings. The Hall–Kier alpha value is -2.10. The fourth-order valence-electron chi connectivity index (χ4n) is 1.55. The number of aromatic nitrogens is 1. The van der Waals surface area contributed by atoms with E-state index >= 15 is 0 Å². The molecule has 0 spiro atoms. The second kappa shape index (κ2) is 4.82. The van der Waals surface area contributed by atoms with Crippen molar-refractivity contribution < 1.29 is 14.1 Å². The van der Waals surface area contributed by atoms with Gasteiger partial charge < -0.3 is 9.26 Å². The van der Waals surface area contributed by atoms with Gasteiger partial charge in [-0.3, -0.25) is 4.79 Å². The molecule has 4 nitrogen and oxygen atoms in total. The quantitative estimate of drug-likeness (QED) is 0.758. The van der Waals surface area contributed by atoms with Gasteiger partial charge in [-0.1, -0.05) is 17.3 Å². The van der Waals surface area contributed by atoms with Crippen LogP contribution in [0.1, 0.15) is 28.7 Å². The zero-order valence-corrected chi connectivity index (χ0v) is 9.77. The van der Waals surface area contributed by atoms with Crippen LogP contribution in [-0.2, 0) is 6.42 Å². The summed E-state index contributed by atoms with van der Waals surface area (Å²) in [6.07, 6.45) is 0.595. The number of methoxy groups -OCH3 is 1. The van der Waals surface area contributed by atoms with Crippen molar-refractivity contribution in [3.63, 3.8) is 0 Å². The summed E-state index contributed by atoms with van der Waals surface area (Å²) < 4.78 is 10.2. The number of Topliss-reactive ketones (excluding diaryl/α,β-unsaturated/α-hetero) is 1. The van der Waals surface area contributed by atoms with E-state index in [1.807, 2.05) is 24.3 Å². The number of hydrogen-bond acceptors (Lipinski definition) is 4. The second-order valence-corrected chi connectivity index (χ2v) is 3.76. The van der Waals surface area contributed by atoms with E-state index in [0.29, 0.717) is 17.9 Å². The molecule has 0 unspecified atom stereocenters. The molecule has 0 bridgehead atoms. The average molecular weight is 231 g/mol. The lowest BCUT2D eigenvalue weighted by atomic mass is 10.1. The predicted molar refractivity (Wildman–Crippen MR) is 62.3 cm³/mol. The Kier molecular flexibility index (Phi) is 3.23. The summed E-state index contributed by atoms with van der Waals surface area (Å²) in [4.78, 5) is 11.1. The zero-order valence-electron chi connectivity index (χ0n) is 9.77. The van der Waals surface area contributed by atoms with E-state index in [0.717, 1.165) is 11.3 Å². The maximum atomic E-state index is 11.1. The topological polar surface area (TPSA) is 52.3 Å². The van der Waals surface area contributed by atoms with Crippen molar-refractivity contribution in [3.05, 3.63) is 47.3 Å².